The van der Waals surface area contributed by atoms with Gasteiger partial charge in [-0.15, -0.1) is 6.42 Å². The Morgan fingerprint density at radius 2 is 2.05 bits per heavy atom. The number of rotatable bonds is 4. The van der Waals surface area contributed by atoms with Gasteiger partial charge >= 0.3 is 6.09 Å². The molecule has 0 fully saturated rings. The molecule has 1 rings (SSSR count). The Kier molecular flexibility index (Phi) is 5.66. The average Bonchev–Trinajstić information content (AvgIpc) is 2.34. The van der Waals surface area contributed by atoms with Crippen LogP contribution in [-0.2, 0) is 11.3 Å². The van der Waals surface area contributed by atoms with E-state index >= 15 is 0 Å². The molecule has 0 aliphatic rings. The summed E-state index contributed by atoms with van der Waals surface area (Å²) in [5, 5.41) is 2.70. The van der Waals surface area contributed by atoms with Crippen LogP contribution in [0.3, 0.4) is 0 Å². The highest BCUT2D eigenvalue weighted by Gasteiger charge is 2.15. The van der Waals surface area contributed by atoms with Gasteiger partial charge in [-0.2, -0.15) is 0 Å². The third-order valence-corrected chi connectivity index (χ3v) is 2.40. The summed E-state index contributed by atoms with van der Waals surface area (Å²) in [4.78, 5) is 11.6. The van der Waals surface area contributed by atoms with Gasteiger partial charge in [-0.05, 0) is 52.3 Å². The molecule has 0 bridgehead atoms. The zero-order valence-electron chi connectivity index (χ0n) is 13.3. The van der Waals surface area contributed by atoms with Crippen LogP contribution in [0.5, 0.6) is 5.75 Å². The van der Waals surface area contributed by atoms with Gasteiger partial charge in [0.15, 0.2) is 0 Å². The second kappa shape index (κ2) is 7.03. The number of amides is 1. The minimum Gasteiger partial charge on any atom is -0.490 e. The molecule has 0 saturated heterocycles. The Morgan fingerprint density at radius 3 is 2.57 bits per heavy atom. The van der Waals surface area contributed by atoms with Crippen molar-refractivity contribution in [2.75, 3.05) is 0 Å². The van der Waals surface area contributed by atoms with Gasteiger partial charge < -0.3 is 14.8 Å². The van der Waals surface area contributed by atoms with E-state index < -0.39 is 11.7 Å². The number of benzene rings is 1. The van der Waals surface area contributed by atoms with E-state index in [4.69, 9.17) is 15.9 Å². The van der Waals surface area contributed by atoms with Gasteiger partial charge in [0.25, 0.3) is 0 Å². The summed E-state index contributed by atoms with van der Waals surface area (Å²) in [6.07, 6.45) is 5.10. The fourth-order valence-electron chi connectivity index (χ4n) is 1.65. The minimum absolute atomic E-state index is 0.0582. The molecule has 0 atom stereocenters. The van der Waals surface area contributed by atoms with Crippen molar-refractivity contribution in [3.63, 3.8) is 0 Å². The Balaban J connectivity index is 2.69. The number of nitrogens with one attached hydrogen (secondary N) is 1. The van der Waals surface area contributed by atoms with E-state index in [2.05, 4.69) is 11.2 Å². The average molecular weight is 289 g/mol. The molecule has 1 N–H and O–H groups in total. The summed E-state index contributed by atoms with van der Waals surface area (Å²) in [5.41, 5.74) is 1.06. The molecule has 0 heterocycles. The van der Waals surface area contributed by atoms with Crippen LogP contribution in [0.15, 0.2) is 18.2 Å². The molecule has 0 aromatic heterocycles. The highest BCUT2D eigenvalue weighted by Crippen LogP contribution is 2.20. The lowest BCUT2D eigenvalue weighted by Crippen LogP contribution is -2.32. The van der Waals surface area contributed by atoms with Crippen LogP contribution >= 0.6 is 0 Å². The Morgan fingerprint density at radius 1 is 1.38 bits per heavy atom. The Hall–Kier alpha value is -2.15. The summed E-state index contributed by atoms with van der Waals surface area (Å²) >= 11 is 0. The lowest BCUT2D eigenvalue weighted by Gasteiger charge is -2.19. The normalized spacial score (nSPS) is 10.9. The van der Waals surface area contributed by atoms with Crippen LogP contribution < -0.4 is 10.1 Å². The summed E-state index contributed by atoms with van der Waals surface area (Å²) in [5.74, 6) is 3.27. The fourth-order valence-corrected chi connectivity index (χ4v) is 1.65. The number of carbonyl (C=O) groups excluding carboxylic acids is 1. The van der Waals surface area contributed by atoms with Gasteiger partial charge in [0.2, 0.25) is 0 Å². The topological polar surface area (TPSA) is 47.6 Å². The maximum Gasteiger partial charge on any atom is 0.407 e. The molecule has 0 radical (unpaired) electrons. The van der Waals surface area contributed by atoms with Crippen molar-refractivity contribution in [3.8, 4) is 18.1 Å². The first kappa shape index (κ1) is 16.9. The second-order valence-corrected chi connectivity index (χ2v) is 6.00. The van der Waals surface area contributed by atoms with Crippen LogP contribution in [0.4, 0.5) is 4.79 Å². The number of hydrogen-bond acceptors (Lipinski definition) is 3. The number of ether oxygens (including phenoxy) is 2. The zero-order chi connectivity index (χ0) is 16.0. The van der Waals surface area contributed by atoms with Crippen LogP contribution in [0.25, 0.3) is 0 Å². The first-order valence-corrected chi connectivity index (χ1v) is 6.94. The van der Waals surface area contributed by atoms with Gasteiger partial charge in [-0.1, -0.05) is 12.0 Å². The summed E-state index contributed by atoms with van der Waals surface area (Å²) in [6.45, 7) is 9.70. The number of terminal acetylenes is 1. The van der Waals surface area contributed by atoms with Crippen LogP contribution in [-0.4, -0.2) is 17.8 Å². The Bertz CT molecular complexity index is 536. The van der Waals surface area contributed by atoms with Crippen LogP contribution in [0.1, 0.15) is 45.7 Å². The maximum atomic E-state index is 11.6. The van der Waals surface area contributed by atoms with E-state index in [-0.39, 0.29) is 6.10 Å². The number of carbonyl (C=O) groups is 1. The highest BCUT2D eigenvalue weighted by atomic mass is 16.6. The molecule has 21 heavy (non-hydrogen) atoms. The fraction of sp³-hybridized carbons (Fsp3) is 0.471. The largest absolute Gasteiger partial charge is 0.490 e. The molecule has 114 valence electrons. The van der Waals surface area contributed by atoms with E-state index in [1.54, 1.807) is 0 Å². The molecule has 0 spiro atoms. The molecule has 0 aliphatic carbocycles. The molecular formula is C17H23NO3. The van der Waals surface area contributed by atoms with E-state index in [0.29, 0.717) is 17.9 Å². The smallest absolute Gasteiger partial charge is 0.407 e. The molecular weight excluding hydrogens is 266 g/mol. The third kappa shape index (κ3) is 6.22. The van der Waals surface area contributed by atoms with Crippen molar-refractivity contribution in [2.45, 2.75) is 52.9 Å². The predicted octanol–water partition coefficient (Wildman–Crippen LogP) is 3.48. The van der Waals surface area contributed by atoms with Crippen LogP contribution in [0, 0.1) is 12.3 Å². The zero-order valence-corrected chi connectivity index (χ0v) is 13.3. The Labute approximate surface area is 126 Å². The monoisotopic (exact) mass is 289 g/mol. The quantitative estimate of drug-likeness (QED) is 0.863. The maximum absolute atomic E-state index is 11.6. The SMILES string of the molecule is C#Cc1cc(CNC(=O)OC(C)(C)C)ccc1OC(C)C. The number of hydrogen-bond donors (Lipinski definition) is 1. The summed E-state index contributed by atoms with van der Waals surface area (Å²) in [6, 6.07) is 5.52. The van der Waals surface area contributed by atoms with Gasteiger partial charge in [0, 0.05) is 6.54 Å². The summed E-state index contributed by atoms with van der Waals surface area (Å²) in [7, 11) is 0. The van der Waals surface area contributed by atoms with E-state index in [0.717, 1.165) is 5.56 Å². The summed E-state index contributed by atoms with van der Waals surface area (Å²) < 4.78 is 10.8. The first-order chi connectivity index (χ1) is 9.71. The lowest BCUT2D eigenvalue weighted by molar-refractivity contribution is 0.0523. The lowest BCUT2D eigenvalue weighted by atomic mass is 10.1. The van der Waals surface area contributed by atoms with Gasteiger partial charge in [-0.3, -0.25) is 0 Å². The van der Waals surface area contributed by atoms with Gasteiger partial charge in [0.05, 0.1) is 11.7 Å². The molecule has 0 unspecified atom stereocenters. The number of alkyl carbamates (subject to hydrolysis) is 1. The van der Waals surface area contributed by atoms with Crippen molar-refractivity contribution in [1.29, 1.82) is 0 Å². The van der Waals surface area contributed by atoms with Crippen LogP contribution in [0.2, 0.25) is 0 Å². The predicted molar refractivity (Wildman–Crippen MR) is 83.2 cm³/mol. The van der Waals surface area contributed by atoms with Crippen molar-refractivity contribution < 1.29 is 14.3 Å². The van der Waals surface area contributed by atoms with Crippen molar-refractivity contribution in [2.24, 2.45) is 0 Å². The molecule has 0 aliphatic heterocycles. The molecule has 1 aromatic rings. The molecule has 4 nitrogen and oxygen atoms in total. The molecule has 4 heteroatoms. The second-order valence-electron chi connectivity index (χ2n) is 6.00. The minimum atomic E-state index is -0.511. The van der Waals surface area contributed by atoms with E-state index in [1.807, 2.05) is 52.8 Å². The standard InChI is InChI=1S/C17H23NO3/c1-7-14-10-13(8-9-15(14)20-12(2)3)11-18-16(19)21-17(4,5)6/h1,8-10,12H,11H2,2-6H3,(H,18,19). The molecule has 1 aromatic carbocycles. The molecule has 1 amide bonds. The van der Waals surface area contributed by atoms with Crippen molar-refractivity contribution >= 4 is 6.09 Å². The highest BCUT2D eigenvalue weighted by molar-refractivity contribution is 5.67. The van der Waals surface area contributed by atoms with Gasteiger partial charge in [0.1, 0.15) is 11.4 Å². The van der Waals surface area contributed by atoms with E-state index in [9.17, 15) is 4.79 Å². The first-order valence-electron chi connectivity index (χ1n) is 6.94. The van der Waals surface area contributed by atoms with Crippen molar-refractivity contribution in [1.82, 2.24) is 5.32 Å². The third-order valence-electron chi connectivity index (χ3n) is 2.40. The van der Waals surface area contributed by atoms with Gasteiger partial charge in [-0.25, -0.2) is 4.79 Å². The van der Waals surface area contributed by atoms with E-state index in [1.165, 1.54) is 0 Å². The molecule has 0 saturated carbocycles. The van der Waals surface area contributed by atoms with Crippen molar-refractivity contribution in [3.05, 3.63) is 29.3 Å².